The Balaban J connectivity index is 1.93. The molecule has 0 unspecified atom stereocenters. The van der Waals surface area contributed by atoms with E-state index in [0.29, 0.717) is 0 Å². The second-order valence-electron chi connectivity index (χ2n) is 4.78. The van der Waals surface area contributed by atoms with Gasteiger partial charge in [0.25, 0.3) is 0 Å². The topological polar surface area (TPSA) is 44.3 Å². The van der Waals surface area contributed by atoms with Crippen LogP contribution in [0.25, 0.3) is 0 Å². The van der Waals surface area contributed by atoms with Gasteiger partial charge in [-0.15, -0.1) is 0 Å². The average molecular weight is 240 g/mol. The van der Waals surface area contributed by atoms with Gasteiger partial charge in [0.2, 0.25) is 0 Å². The van der Waals surface area contributed by atoms with Gasteiger partial charge in [-0.25, -0.2) is 0 Å². The predicted octanol–water partition coefficient (Wildman–Crippen LogP) is 2.89. The van der Waals surface area contributed by atoms with Crippen molar-refractivity contribution in [2.75, 3.05) is 10.6 Å². The maximum atomic E-state index is 9.07. The standard InChI is InChI=1S/C15H16N2O/c1-15(12-8-6-11(10-18)7-9-12)16-13-4-2-3-5-14(13)17-15/h2-9,16-18H,10H2,1H3. The van der Waals surface area contributed by atoms with E-state index in [1.54, 1.807) is 0 Å². The molecule has 1 heterocycles. The zero-order valence-electron chi connectivity index (χ0n) is 10.3. The van der Waals surface area contributed by atoms with Crippen molar-refractivity contribution in [3.8, 4) is 0 Å². The molecule has 0 fully saturated rings. The lowest BCUT2D eigenvalue weighted by atomic mass is 10.0. The summed E-state index contributed by atoms with van der Waals surface area (Å²) in [5, 5.41) is 16.1. The Bertz CT molecular complexity index is 538. The monoisotopic (exact) mass is 240 g/mol. The maximum absolute atomic E-state index is 9.07. The van der Waals surface area contributed by atoms with E-state index in [0.717, 1.165) is 22.5 Å². The molecule has 0 spiro atoms. The lowest BCUT2D eigenvalue weighted by Crippen LogP contribution is -2.34. The molecule has 0 saturated carbocycles. The second-order valence-corrected chi connectivity index (χ2v) is 4.78. The van der Waals surface area contributed by atoms with Gasteiger partial charge in [-0.1, -0.05) is 36.4 Å². The van der Waals surface area contributed by atoms with Crippen LogP contribution < -0.4 is 10.6 Å². The fourth-order valence-electron chi connectivity index (χ4n) is 2.36. The molecule has 3 nitrogen and oxygen atoms in total. The van der Waals surface area contributed by atoms with Gasteiger partial charge in [0.05, 0.1) is 18.0 Å². The summed E-state index contributed by atoms with van der Waals surface area (Å²) >= 11 is 0. The van der Waals surface area contributed by atoms with E-state index in [9.17, 15) is 0 Å². The molecule has 92 valence electrons. The first-order valence-corrected chi connectivity index (χ1v) is 6.07. The number of benzene rings is 2. The SMILES string of the molecule is CC1(c2ccc(CO)cc2)Nc2ccccc2N1. The molecule has 3 heteroatoms. The second kappa shape index (κ2) is 4.03. The van der Waals surface area contributed by atoms with E-state index in [2.05, 4.69) is 29.7 Å². The van der Waals surface area contributed by atoms with Crippen LogP contribution >= 0.6 is 0 Å². The number of para-hydroxylation sites is 2. The Kier molecular flexibility index (Phi) is 2.49. The fraction of sp³-hybridized carbons (Fsp3) is 0.200. The number of nitrogens with one attached hydrogen (secondary N) is 2. The Morgan fingerprint density at radius 1 is 0.944 bits per heavy atom. The highest BCUT2D eigenvalue weighted by Gasteiger charge is 2.32. The molecular weight excluding hydrogens is 224 g/mol. The third-order valence-corrected chi connectivity index (χ3v) is 3.41. The highest BCUT2D eigenvalue weighted by atomic mass is 16.3. The largest absolute Gasteiger partial charge is 0.392 e. The number of hydrogen-bond acceptors (Lipinski definition) is 3. The first-order chi connectivity index (χ1) is 8.71. The van der Waals surface area contributed by atoms with Crippen LogP contribution in [0.3, 0.4) is 0 Å². The molecule has 18 heavy (non-hydrogen) atoms. The minimum atomic E-state index is -0.294. The first kappa shape index (κ1) is 11.1. The minimum Gasteiger partial charge on any atom is -0.392 e. The average Bonchev–Trinajstić information content (AvgIpc) is 2.76. The van der Waals surface area contributed by atoms with Crippen molar-refractivity contribution >= 4 is 11.4 Å². The molecule has 2 aromatic rings. The van der Waals surface area contributed by atoms with Crippen LogP contribution in [0.15, 0.2) is 48.5 Å². The van der Waals surface area contributed by atoms with Gasteiger partial charge >= 0.3 is 0 Å². The van der Waals surface area contributed by atoms with Crippen LogP contribution in [0.2, 0.25) is 0 Å². The molecule has 0 bridgehead atoms. The summed E-state index contributed by atoms with van der Waals surface area (Å²) in [6.07, 6.45) is 0. The van der Waals surface area contributed by atoms with Crippen LogP contribution in [-0.2, 0) is 12.3 Å². The van der Waals surface area contributed by atoms with Crippen molar-refractivity contribution < 1.29 is 5.11 Å². The van der Waals surface area contributed by atoms with E-state index < -0.39 is 0 Å². The summed E-state index contributed by atoms with van der Waals surface area (Å²) in [5.74, 6) is 0. The highest BCUT2D eigenvalue weighted by molar-refractivity contribution is 5.76. The Labute approximate surface area is 106 Å². The molecule has 0 aromatic heterocycles. The van der Waals surface area contributed by atoms with Crippen molar-refractivity contribution in [1.82, 2.24) is 0 Å². The zero-order chi connectivity index (χ0) is 12.6. The minimum absolute atomic E-state index is 0.0814. The summed E-state index contributed by atoms with van der Waals surface area (Å²) in [4.78, 5) is 0. The van der Waals surface area contributed by atoms with Crippen molar-refractivity contribution in [3.63, 3.8) is 0 Å². The molecular formula is C15H16N2O. The Morgan fingerprint density at radius 3 is 2.00 bits per heavy atom. The van der Waals surface area contributed by atoms with E-state index in [1.165, 1.54) is 0 Å². The summed E-state index contributed by atoms with van der Waals surface area (Å²) < 4.78 is 0. The predicted molar refractivity (Wildman–Crippen MR) is 73.4 cm³/mol. The third kappa shape index (κ3) is 1.73. The number of rotatable bonds is 2. The molecule has 0 saturated heterocycles. The quantitative estimate of drug-likeness (QED) is 0.756. The number of aliphatic hydroxyl groups is 1. The normalized spacial score (nSPS) is 15.7. The number of anilines is 2. The van der Waals surface area contributed by atoms with Gasteiger partial charge in [0, 0.05) is 0 Å². The highest BCUT2D eigenvalue weighted by Crippen LogP contribution is 2.38. The maximum Gasteiger partial charge on any atom is 0.131 e. The van der Waals surface area contributed by atoms with Gasteiger partial charge in [-0.05, 0) is 30.2 Å². The molecule has 1 aliphatic rings. The lowest BCUT2D eigenvalue weighted by molar-refractivity contribution is 0.282. The van der Waals surface area contributed by atoms with Crippen LogP contribution in [0.5, 0.6) is 0 Å². The summed E-state index contributed by atoms with van der Waals surface area (Å²) in [6, 6.07) is 16.2. The van der Waals surface area contributed by atoms with Gasteiger partial charge < -0.3 is 15.7 Å². The molecule has 3 rings (SSSR count). The number of aliphatic hydroxyl groups excluding tert-OH is 1. The molecule has 2 aromatic carbocycles. The number of hydrogen-bond donors (Lipinski definition) is 3. The van der Waals surface area contributed by atoms with E-state index >= 15 is 0 Å². The van der Waals surface area contributed by atoms with Crippen LogP contribution in [0.1, 0.15) is 18.1 Å². The van der Waals surface area contributed by atoms with Gasteiger partial charge in [0.15, 0.2) is 0 Å². The molecule has 3 N–H and O–H groups in total. The molecule has 1 aliphatic heterocycles. The van der Waals surface area contributed by atoms with Crippen molar-refractivity contribution in [3.05, 3.63) is 59.7 Å². The summed E-state index contributed by atoms with van der Waals surface area (Å²) in [7, 11) is 0. The summed E-state index contributed by atoms with van der Waals surface area (Å²) in [5.41, 5.74) is 4.02. The van der Waals surface area contributed by atoms with Gasteiger partial charge in [0.1, 0.15) is 5.66 Å². The smallest absolute Gasteiger partial charge is 0.131 e. The van der Waals surface area contributed by atoms with E-state index in [-0.39, 0.29) is 12.3 Å². The van der Waals surface area contributed by atoms with E-state index in [4.69, 9.17) is 5.11 Å². The fourth-order valence-corrected chi connectivity index (χ4v) is 2.36. The van der Waals surface area contributed by atoms with Crippen LogP contribution in [0, 0.1) is 0 Å². The Morgan fingerprint density at radius 2 is 1.50 bits per heavy atom. The van der Waals surface area contributed by atoms with Gasteiger partial charge in [-0.2, -0.15) is 0 Å². The number of fused-ring (bicyclic) bond motifs is 1. The van der Waals surface area contributed by atoms with Crippen LogP contribution in [-0.4, -0.2) is 5.11 Å². The van der Waals surface area contributed by atoms with Gasteiger partial charge in [-0.3, -0.25) is 0 Å². The van der Waals surface area contributed by atoms with E-state index in [1.807, 2.05) is 36.4 Å². The zero-order valence-corrected chi connectivity index (χ0v) is 10.3. The van der Waals surface area contributed by atoms with Crippen molar-refractivity contribution in [2.24, 2.45) is 0 Å². The molecule has 0 radical (unpaired) electrons. The van der Waals surface area contributed by atoms with Crippen molar-refractivity contribution in [2.45, 2.75) is 19.2 Å². The lowest BCUT2D eigenvalue weighted by Gasteiger charge is -2.27. The summed E-state index contributed by atoms with van der Waals surface area (Å²) in [6.45, 7) is 2.19. The first-order valence-electron chi connectivity index (χ1n) is 6.07. The molecule has 0 aliphatic carbocycles. The van der Waals surface area contributed by atoms with Crippen LogP contribution in [0.4, 0.5) is 11.4 Å². The Hall–Kier alpha value is -2.00. The van der Waals surface area contributed by atoms with Crippen molar-refractivity contribution in [1.29, 1.82) is 0 Å². The molecule has 0 atom stereocenters. The molecule has 0 amide bonds. The third-order valence-electron chi connectivity index (χ3n) is 3.41.